The minimum absolute atomic E-state index is 0.0681. The highest BCUT2D eigenvalue weighted by Gasteiger charge is 2.37. The van der Waals surface area contributed by atoms with Gasteiger partial charge in [-0.25, -0.2) is 9.67 Å². The van der Waals surface area contributed by atoms with Crippen LogP contribution in [-0.4, -0.2) is 64.8 Å². The molecule has 1 aromatic carbocycles. The van der Waals surface area contributed by atoms with Crippen LogP contribution in [0.3, 0.4) is 0 Å². The smallest absolute Gasteiger partial charge is 0.349 e. The summed E-state index contributed by atoms with van der Waals surface area (Å²) < 4.78 is 39.9. The Kier molecular flexibility index (Phi) is 9.12. The van der Waals surface area contributed by atoms with Gasteiger partial charge in [-0.05, 0) is 61.2 Å². The van der Waals surface area contributed by atoms with Crippen molar-refractivity contribution < 1.29 is 22.8 Å². The number of hydrogen-bond donors (Lipinski definition) is 2. The maximum absolute atomic E-state index is 13.7. The lowest BCUT2D eigenvalue weighted by atomic mass is 10.0. The summed E-state index contributed by atoms with van der Waals surface area (Å²) in [5.41, 5.74) is 0.877. The van der Waals surface area contributed by atoms with Crippen molar-refractivity contribution >= 4 is 40.9 Å². The van der Waals surface area contributed by atoms with Crippen molar-refractivity contribution in [3.8, 4) is 11.9 Å². The molecule has 218 valence electrons. The first-order valence-electron chi connectivity index (χ1n) is 12.1. The van der Waals surface area contributed by atoms with E-state index in [-0.39, 0.29) is 51.6 Å². The molecule has 0 aliphatic carbocycles. The van der Waals surface area contributed by atoms with Crippen LogP contribution < -0.4 is 10.6 Å². The number of hydrogen-bond acceptors (Lipinski definition) is 9. The van der Waals surface area contributed by atoms with Gasteiger partial charge in [0.1, 0.15) is 12.2 Å². The Hall–Kier alpha value is -4.49. The van der Waals surface area contributed by atoms with Gasteiger partial charge in [-0.1, -0.05) is 11.6 Å². The van der Waals surface area contributed by atoms with E-state index in [0.717, 1.165) is 4.68 Å². The summed E-state index contributed by atoms with van der Waals surface area (Å²) in [5, 5.41) is 29.2. The molecule has 2 amide bonds. The van der Waals surface area contributed by atoms with E-state index in [9.17, 15) is 28.0 Å². The highest BCUT2D eigenvalue weighted by atomic mass is 35.5. The lowest BCUT2D eigenvalue weighted by molar-refractivity contribution is -0.145. The number of pyridine rings is 1. The number of alkyl halides is 3. The van der Waals surface area contributed by atoms with Crippen LogP contribution in [0.15, 0.2) is 36.5 Å². The molecule has 4 aromatic rings. The second-order valence-corrected chi connectivity index (χ2v) is 10.3. The van der Waals surface area contributed by atoms with Crippen LogP contribution >= 0.6 is 23.4 Å². The minimum atomic E-state index is -4.79. The molecule has 3 heterocycles. The fourth-order valence-electron chi connectivity index (χ4n) is 3.90. The Morgan fingerprint density at radius 1 is 1.21 bits per heavy atom. The molecule has 0 spiro atoms. The maximum atomic E-state index is 13.7. The number of halogens is 4. The fraction of sp³-hybridized carbons (Fsp3) is 0.280. The van der Waals surface area contributed by atoms with Gasteiger partial charge in [0, 0.05) is 18.0 Å². The third kappa shape index (κ3) is 6.86. The summed E-state index contributed by atoms with van der Waals surface area (Å²) in [6.07, 6.45) is -1.48. The third-order valence-electron chi connectivity index (χ3n) is 5.68. The van der Waals surface area contributed by atoms with Crippen LogP contribution in [0, 0.1) is 18.3 Å². The summed E-state index contributed by atoms with van der Waals surface area (Å²) in [6, 6.07) is 9.09. The predicted octanol–water partition coefficient (Wildman–Crippen LogP) is 3.89. The van der Waals surface area contributed by atoms with E-state index in [1.807, 2.05) is 19.2 Å². The summed E-state index contributed by atoms with van der Waals surface area (Å²) in [4.78, 5) is 31.7. The van der Waals surface area contributed by atoms with Gasteiger partial charge < -0.3 is 10.6 Å². The van der Waals surface area contributed by atoms with Gasteiger partial charge in [-0.2, -0.15) is 40.1 Å². The van der Waals surface area contributed by atoms with Crippen molar-refractivity contribution in [2.24, 2.45) is 0 Å². The number of amides is 2. The molecular weight excluding hydrogens is 597 g/mol. The van der Waals surface area contributed by atoms with Gasteiger partial charge in [-0.3, -0.25) is 9.59 Å². The van der Waals surface area contributed by atoms with E-state index >= 15 is 0 Å². The fourth-order valence-corrected chi connectivity index (χ4v) is 4.68. The monoisotopic (exact) mass is 618 g/mol. The zero-order chi connectivity index (χ0) is 30.6. The molecule has 4 rings (SSSR count). The number of tetrazole rings is 1. The first-order valence-corrected chi connectivity index (χ1v) is 13.9. The minimum Gasteiger partial charge on any atom is -0.349 e. The quantitative estimate of drug-likeness (QED) is 0.284. The van der Waals surface area contributed by atoms with Crippen LogP contribution in [0.4, 0.5) is 18.9 Å². The van der Waals surface area contributed by atoms with Crippen LogP contribution in [0.25, 0.3) is 5.82 Å². The van der Waals surface area contributed by atoms with E-state index in [1.165, 1.54) is 30.5 Å². The lowest BCUT2D eigenvalue weighted by Gasteiger charge is -2.17. The molecule has 2 N–H and O–H groups in total. The molecule has 3 aromatic heterocycles. The number of thioether (sulfide) groups is 1. The molecule has 0 saturated heterocycles. The van der Waals surface area contributed by atoms with E-state index in [2.05, 4.69) is 36.1 Å². The zero-order valence-corrected chi connectivity index (χ0v) is 23.8. The molecule has 12 nitrogen and oxygen atoms in total. The van der Waals surface area contributed by atoms with E-state index in [0.29, 0.717) is 16.1 Å². The summed E-state index contributed by atoms with van der Waals surface area (Å²) >= 11 is 7.86. The average Bonchev–Trinajstić information content (AvgIpc) is 3.57. The third-order valence-corrected chi connectivity index (χ3v) is 6.81. The molecule has 42 heavy (non-hydrogen) atoms. The van der Waals surface area contributed by atoms with Gasteiger partial charge in [0.15, 0.2) is 5.82 Å². The number of aryl methyl sites for hydroxylation is 1. The first kappa shape index (κ1) is 30.5. The Balaban J connectivity index is 1.73. The van der Waals surface area contributed by atoms with Gasteiger partial charge in [0.25, 0.3) is 17.6 Å². The van der Waals surface area contributed by atoms with Crippen molar-refractivity contribution in [1.29, 1.82) is 5.26 Å². The topological polar surface area (TPSA) is 156 Å². The van der Waals surface area contributed by atoms with Gasteiger partial charge in [0.2, 0.25) is 0 Å². The normalized spacial score (nSPS) is 12.0. The van der Waals surface area contributed by atoms with E-state index in [1.54, 1.807) is 24.8 Å². The molecule has 0 saturated carbocycles. The second kappa shape index (κ2) is 12.6. The zero-order valence-electron chi connectivity index (χ0n) is 22.3. The number of carbonyl (C=O) groups is 2. The van der Waals surface area contributed by atoms with Crippen molar-refractivity contribution in [3.05, 3.63) is 75.5 Å². The molecule has 0 aliphatic heterocycles. The highest BCUT2D eigenvalue weighted by molar-refractivity contribution is 7.98. The van der Waals surface area contributed by atoms with Crippen molar-refractivity contribution in [2.75, 3.05) is 17.3 Å². The standard InChI is InChI=1S/C25H22ClF3N10O2S/c1-13-7-15(10-30)8-17(22(40)32-14(2)12-42-3)20(13)33-23(41)19-9-16(11-38-36-24(34-37-38)25(27,28)29)35-39(19)21-18(26)5-4-6-31-21/h4-9,14H,11-12H2,1-3H3,(H,32,40)(H,33,41)/t14-/m0/s1. The maximum Gasteiger partial charge on any atom is 0.455 e. The number of nitrogens with zero attached hydrogens (tertiary/aromatic N) is 8. The van der Waals surface area contributed by atoms with Crippen LogP contribution in [-0.2, 0) is 12.7 Å². The van der Waals surface area contributed by atoms with Crippen LogP contribution in [0.2, 0.25) is 5.02 Å². The molecule has 0 radical (unpaired) electrons. The first-order chi connectivity index (χ1) is 19.9. The summed E-state index contributed by atoms with van der Waals surface area (Å²) in [6.45, 7) is 3.09. The number of benzene rings is 1. The number of carbonyl (C=O) groups excluding carboxylic acids is 2. The Morgan fingerprint density at radius 3 is 2.62 bits per heavy atom. The molecule has 0 aliphatic rings. The van der Waals surface area contributed by atoms with Crippen LogP contribution in [0.5, 0.6) is 0 Å². The molecule has 17 heteroatoms. The Bertz CT molecular complexity index is 1680. The number of nitriles is 1. The highest BCUT2D eigenvalue weighted by Crippen LogP contribution is 2.27. The molecule has 0 unspecified atom stereocenters. The summed E-state index contributed by atoms with van der Waals surface area (Å²) in [7, 11) is 0. The predicted molar refractivity (Wildman–Crippen MR) is 147 cm³/mol. The lowest BCUT2D eigenvalue weighted by Crippen LogP contribution is -2.35. The van der Waals surface area contributed by atoms with E-state index in [4.69, 9.17) is 11.6 Å². The van der Waals surface area contributed by atoms with Crippen molar-refractivity contribution in [1.82, 2.24) is 40.3 Å². The van der Waals surface area contributed by atoms with Crippen LogP contribution in [0.1, 0.15) is 50.4 Å². The van der Waals surface area contributed by atoms with Crippen molar-refractivity contribution in [3.63, 3.8) is 0 Å². The summed E-state index contributed by atoms with van der Waals surface area (Å²) in [5.74, 6) is -1.95. The van der Waals surface area contributed by atoms with Gasteiger partial charge in [0.05, 0.1) is 33.6 Å². The number of aromatic nitrogens is 7. The number of nitrogens with one attached hydrogen (secondary N) is 2. The van der Waals surface area contributed by atoms with Gasteiger partial charge in [-0.15, -0.1) is 10.2 Å². The molecule has 0 bridgehead atoms. The molecular formula is C25H22ClF3N10O2S. The Morgan fingerprint density at radius 2 is 1.98 bits per heavy atom. The number of rotatable bonds is 9. The average molecular weight is 619 g/mol. The van der Waals surface area contributed by atoms with Gasteiger partial charge >= 0.3 is 6.18 Å². The molecule has 1 atom stereocenters. The Labute approximate surface area is 246 Å². The van der Waals surface area contributed by atoms with E-state index < -0.39 is 23.8 Å². The second-order valence-electron chi connectivity index (χ2n) is 8.99. The van der Waals surface area contributed by atoms with Crippen molar-refractivity contribution in [2.45, 2.75) is 32.6 Å². The molecule has 0 fully saturated rings. The largest absolute Gasteiger partial charge is 0.455 e. The number of anilines is 1. The SMILES string of the molecule is CSC[C@H](C)NC(=O)c1cc(C#N)cc(C)c1NC(=O)c1cc(Cn2nnc(C(F)(F)F)n2)nn1-c1ncccc1Cl.